The van der Waals surface area contributed by atoms with Crippen LogP contribution in [0.5, 0.6) is 5.75 Å². The summed E-state index contributed by atoms with van der Waals surface area (Å²) in [5.41, 5.74) is 0.991. The van der Waals surface area contributed by atoms with Crippen molar-refractivity contribution in [2.45, 2.75) is 20.3 Å². The van der Waals surface area contributed by atoms with E-state index in [-0.39, 0.29) is 11.5 Å². The Hall–Kier alpha value is -1.77. The van der Waals surface area contributed by atoms with Gasteiger partial charge in [-0.15, -0.1) is 0 Å². The summed E-state index contributed by atoms with van der Waals surface area (Å²) < 4.78 is 5.50. The minimum absolute atomic E-state index is 0.0125. The van der Waals surface area contributed by atoms with Crippen LogP contribution in [0.25, 0.3) is 11.0 Å². The molecule has 0 aliphatic rings. The maximum absolute atomic E-state index is 11.4. The van der Waals surface area contributed by atoms with Crippen LogP contribution in [0, 0.1) is 0 Å². The molecule has 1 aromatic heterocycles. The molecular weight excluding hydrogens is 192 g/mol. The maximum atomic E-state index is 11.4. The van der Waals surface area contributed by atoms with Crippen LogP contribution in [0.2, 0.25) is 0 Å². The third-order valence-corrected chi connectivity index (χ3v) is 2.43. The molecule has 3 nitrogen and oxygen atoms in total. The van der Waals surface area contributed by atoms with Crippen molar-refractivity contribution in [3.63, 3.8) is 0 Å². The van der Waals surface area contributed by atoms with Gasteiger partial charge >= 0.3 is 0 Å². The van der Waals surface area contributed by atoms with Crippen molar-refractivity contribution in [3.8, 4) is 5.75 Å². The summed E-state index contributed by atoms with van der Waals surface area (Å²) >= 11 is 0. The van der Waals surface area contributed by atoms with E-state index in [1.165, 1.54) is 13.0 Å². The van der Waals surface area contributed by atoms with Crippen molar-refractivity contribution >= 4 is 16.8 Å². The van der Waals surface area contributed by atoms with Crippen molar-refractivity contribution < 1.29 is 14.3 Å². The number of phenolic OH excluding ortho intramolecular Hbond substituents is 1. The van der Waals surface area contributed by atoms with Crippen LogP contribution in [0.1, 0.15) is 30.0 Å². The second-order valence-electron chi connectivity index (χ2n) is 3.49. The SMILES string of the molecule is CCc1cc2c(C(C)=O)c(O)ccc2o1. The number of carbonyl (C=O) groups excluding carboxylic acids is 1. The third-order valence-electron chi connectivity index (χ3n) is 2.43. The first-order valence-corrected chi connectivity index (χ1v) is 4.88. The number of aryl methyl sites for hydroxylation is 1. The fourth-order valence-electron chi connectivity index (χ4n) is 1.70. The molecule has 3 heteroatoms. The number of fused-ring (bicyclic) bond motifs is 1. The van der Waals surface area contributed by atoms with Gasteiger partial charge < -0.3 is 9.52 Å². The van der Waals surface area contributed by atoms with E-state index in [1.807, 2.05) is 13.0 Å². The molecule has 0 fully saturated rings. The van der Waals surface area contributed by atoms with Crippen LogP contribution in [-0.2, 0) is 6.42 Å². The molecule has 0 atom stereocenters. The zero-order chi connectivity index (χ0) is 11.0. The Morgan fingerprint density at radius 3 is 2.80 bits per heavy atom. The number of hydrogen-bond acceptors (Lipinski definition) is 3. The van der Waals surface area contributed by atoms with Crippen LogP contribution in [0.3, 0.4) is 0 Å². The van der Waals surface area contributed by atoms with Gasteiger partial charge in [-0.2, -0.15) is 0 Å². The van der Waals surface area contributed by atoms with Gasteiger partial charge in [0.15, 0.2) is 5.78 Å². The second-order valence-corrected chi connectivity index (χ2v) is 3.49. The molecule has 1 heterocycles. The van der Waals surface area contributed by atoms with Gasteiger partial charge in [0, 0.05) is 11.8 Å². The number of rotatable bonds is 2. The Kier molecular flexibility index (Phi) is 2.23. The number of benzene rings is 1. The molecule has 1 aromatic carbocycles. The van der Waals surface area contributed by atoms with Gasteiger partial charge in [-0.05, 0) is 25.1 Å². The van der Waals surface area contributed by atoms with Crippen LogP contribution in [-0.4, -0.2) is 10.9 Å². The van der Waals surface area contributed by atoms with Crippen LogP contribution >= 0.6 is 0 Å². The number of hydrogen-bond donors (Lipinski definition) is 1. The van der Waals surface area contributed by atoms with Crippen LogP contribution < -0.4 is 0 Å². The van der Waals surface area contributed by atoms with Crippen LogP contribution in [0.15, 0.2) is 22.6 Å². The largest absolute Gasteiger partial charge is 0.507 e. The standard InChI is InChI=1S/C12H12O3/c1-3-8-6-9-11(15-8)5-4-10(14)12(9)7(2)13/h4-6,14H,3H2,1-2H3. The van der Waals surface area contributed by atoms with Gasteiger partial charge in [-0.1, -0.05) is 6.92 Å². The lowest BCUT2D eigenvalue weighted by Crippen LogP contribution is -1.92. The summed E-state index contributed by atoms with van der Waals surface area (Å²) in [6, 6.07) is 4.98. The van der Waals surface area contributed by atoms with Gasteiger partial charge in [-0.25, -0.2) is 0 Å². The molecule has 0 unspecified atom stereocenters. The Morgan fingerprint density at radius 2 is 2.20 bits per heavy atom. The molecule has 15 heavy (non-hydrogen) atoms. The highest BCUT2D eigenvalue weighted by atomic mass is 16.3. The van der Waals surface area contributed by atoms with Gasteiger partial charge in [0.05, 0.1) is 5.56 Å². The second kappa shape index (κ2) is 3.42. The Morgan fingerprint density at radius 1 is 1.47 bits per heavy atom. The van der Waals surface area contributed by atoms with E-state index >= 15 is 0 Å². The topological polar surface area (TPSA) is 50.4 Å². The summed E-state index contributed by atoms with van der Waals surface area (Å²) in [7, 11) is 0. The highest BCUT2D eigenvalue weighted by Gasteiger charge is 2.14. The first-order chi connectivity index (χ1) is 7.13. The number of carbonyl (C=O) groups is 1. The molecule has 78 valence electrons. The fraction of sp³-hybridized carbons (Fsp3) is 0.250. The molecule has 2 rings (SSSR count). The summed E-state index contributed by atoms with van der Waals surface area (Å²) in [4.78, 5) is 11.4. The number of phenols is 1. The first kappa shape index (κ1) is 9.77. The van der Waals surface area contributed by atoms with Crippen molar-refractivity contribution in [3.05, 3.63) is 29.5 Å². The quantitative estimate of drug-likeness (QED) is 0.765. The Bertz CT molecular complexity index is 523. The molecule has 2 aromatic rings. The van der Waals surface area contributed by atoms with Crippen LogP contribution in [0.4, 0.5) is 0 Å². The normalized spacial score (nSPS) is 10.8. The van der Waals surface area contributed by atoms with Gasteiger partial charge in [-0.3, -0.25) is 4.79 Å². The monoisotopic (exact) mass is 204 g/mol. The van der Waals surface area contributed by atoms with E-state index in [0.717, 1.165) is 12.2 Å². The zero-order valence-electron chi connectivity index (χ0n) is 8.70. The van der Waals surface area contributed by atoms with E-state index in [9.17, 15) is 9.90 Å². The molecular formula is C12H12O3. The number of furan rings is 1. The minimum Gasteiger partial charge on any atom is -0.507 e. The molecule has 0 saturated heterocycles. The molecule has 0 saturated carbocycles. The van der Waals surface area contributed by atoms with Gasteiger partial charge in [0.1, 0.15) is 17.1 Å². The lowest BCUT2D eigenvalue weighted by Gasteiger charge is -2.00. The van der Waals surface area contributed by atoms with Gasteiger partial charge in [0.25, 0.3) is 0 Å². The molecule has 0 aliphatic carbocycles. The van der Waals surface area contributed by atoms with E-state index in [4.69, 9.17) is 4.42 Å². The van der Waals surface area contributed by atoms with Gasteiger partial charge in [0.2, 0.25) is 0 Å². The summed E-state index contributed by atoms with van der Waals surface area (Å²) in [5.74, 6) is 0.679. The molecule has 0 spiro atoms. The highest BCUT2D eigenvalue weighted by Crippen LogP contribution is 2.30. The van der Waals surface area contributed by atoms with Crippen molar-refractivity contribution in [1.82, 2.24) is 0 Å². The third kappa shape index (κ3) is 1.50. The molecule has 0 radical (unpaired) electrons. The van der Waals surface area contributed by atoms with Crippen molar-refractivity contribution in [2.75, 3.05) is 0 Å². The zero-order valence-corrected chi connectivity index (χ0v) is 8.70. The molecule has 1 N–H and O–H groups in total. The highest BCUT2D eigenvalue weighted by molar-refractivity contribution is 6.08. The average Bonchev–Trinajstić information content (AvgIpc) is 2.59. The summed E-state index contributed by atoms with van der Waals surface area (Å²) in [6.45, 7) is 3.41. The maximum Gasteiger partial charge on any atom is 0.164 e. The fourth-order valence-corrected chi connectivity index (χ4v) is 1.70. The van der Waals surface area contributed by atoms with E-state index in [1.54, 1.807) is 6.07 Å². The van der Waals surface area contributed by atoms with Crippen molar-refractivity contribution in [1.29, 1.82) is 0 Å². The minimum atomic E-state index is -0.151. The van der Waals surface area contributed by atoms with E-state index in [2.05, 4.69) is 0 Å². The average molecular weight is 204 g/mol. The predicted molar refractivity (Wildman–Crippen MR) is 57.3 cm³/mol. The lowest BCUT2D eigenvalue weighted by molar-refractivity contribution is 0.101. The Balaban J connectivity index is 2.80. The lowest BCUT2D eigenvalue weighted by atomic mass is 10.1. The number of aromatic hydroxyl groups is 1. The molecule has 0 amide bonds. The molecule has 0 aliphatic heterocycles. The van der Waals surface area contributed by atoms with Crippen molar-refractivity contribution in [2.24, 2.45) is 0 Å². The van der Waals surface area contributed by atoms with E-state index < -0.39 is 0 Å². The Labute approximate surface area is 87.3 Å². The summed E-state index contributed by atoms with van der Waals surface area (Å²) in [6.07, 6.45) is 0.771. The molecule has 0 bridgehead atoms. The van der Waals surface area contributed by atoms with E-state index in [0.29, 0.717) is 16.5 Å². The predicted octanol–water partition coefficient (Wildman–Crippen LogP) is 2.90. The number of Topliss-reactive ketones (excluding diaryl/α,β-unsaturated/α-hetero) is 1. The smallest absolute Gasteiger partial charge is 0.164 e. The summed E-state index contributed by atoms with van der Waals surface area (Å²) in [5, 5.41) is 10.3. The first-order valence-electron chi connectivity index (χ1n) is 4.88. The number of ketones is 1.